The van der Waals surface area contributed by atoms with E-state index in [0.717, 1.165) is 12.0 Å². The Labute approximate surface area is 167 Å². The minimum atomic E-state index is -0.870. The van der Waals surface area contributed by atoms with Crippen LogP contribution in [-0.4, -0.2) is 34.0 Å². The fraction of sp³-hybridized carbons (Fsp3) is 0.318. The molecule has 0 fully saturated rings. The van der Waals surface area contributed by atoms with Crippen LogP contribution in [-0.2, 0) is 33.8 Å². The zero-order chi connectivity index (χ0) is 20.4. The van der Waals surface area contributed by atoms with Crippen LogP contribution in [0.25, 0.3) is 11.1 Å². The van der Waals surface area contributed by atoms with Gasteiger partial charge in [0.1, 0.15) is 0 Å². The molecule has 1 aromatic heterocycles. The van der Waals surface area contributed by atoms with Crippen molar-refractivity contribution in [2.24, 2.45) is 0 Å². The van der Waals surface area contributed by atoms with Gasteiger partial charge in [0.2, 0.25) is 0 Å². The third kappa shape index (κ3) is 3.94. The van der Waals surface area contributed by atoms with Gasteiger partial charge in [0.15, 0.2) is 11.7 Å². The molecule has 7 nitrogen and oxygen atoms in total. The second-order valence-corrected chi connectivity index (χ2v) is 7.15. The zero-order valence-corrected chi connectivity index (χ0v) is 16.2. The SMILES string of the molecule is C[C@H](OC(=O)CCn1c(=O)oc2ccccc21)C(=O)N1CCc2ccccc2C1. The average molecular weight is 394 g/mol. The molecule has 1 aliphatic heterocycles. The van der Waals surface area contributed by atoms with Gasteiger partial charge in [-0.3, -0.25) is 14.2 Å². The smallest absolute Gasteiger partial charge is 0.419 e. The maximum Gasteiger partial charge on any atom is 0.419 e. The summed E-state index contributed by atoms with van der Waals surface area (Å²) < 4.78 is 11.9. The molecule has 2 heterocycles. The highest BCUT2D eigenvalue weighted by atomic mass is 16.5. The van der Waals surface area contributed by atoms with Crippen LogP contribution in [0.5, 0.6) is 0 Å². The number of carbonyl (C=O) groups is 2. The lowest BCUT2D eigenvalue weighted by Gasteiger charge is -2.30. The van der Waals surface area contributed by atoms with E-state index >= 15 is 0 Å². The summed E-state index contributed by atoms with van der Waals surface area (Å²) in [6.07, 6.45) is -0.103. The molecule has 0 unspecified atom stereocenters. The Bertz CT molecular complexity index is 1110. The third-order valence-corrected chi connectivity index (χ3v) is 5.21. The van der Waals surface area contributed by atoms with Crippen LogP contribution in [0.2, 0.25) is 0 Å². The number of aromatic nitrogens is 1. The number of benzene rings is 2. The number of hydrogen-bond donors (Lipinski definition) is 0. The first-order valence-electron chi connectivity index (χ1n) is 9.66. The Morgan fingerprint density at radius 2 is 1.83 bits per heavy atom. The van der Waals surface area contributed by atoms with Crippen molar-refractivity contribution >= 4 is 23.0 Å². The predicted octanol–water partition coefficient (Wildman–Crippen LogP) is 2.50. The summed E-state index contributed by atoms with van der Waals surface area (Å²) in [6, 6.07) is 15.1. The topological polar surface area (TPSA) is 81.7 Å². The fourth-order valence-electron chi connectivity index (χ4n) is 3.68. The zero-order valence-electron chi connectivity index (χ0n) is 16.2. The number of oxazole rings is 1. The molecule has 2 aromatic carbocycles. The molecule has 0 spiro atoms. The van der Waals surface area contributed by atoms with E-state index < -0.39 is 17.8 Å². The monoisotopic (exact) mass is 394 g/mol. The van der Waals surface area contributed by atoms with E-state index in [2.05, 4.69) is 6.07 Å². The molecule has 1 aliphatic rings. The molecule has 0 saturated heterocycles. The number of carbonyl (C=O) groups excluding carboxylic acids is 2. The van der Waals surface area contributed by atoms with Crippen LogP contribution in [0, 0.1) is 0 Å². The minimum Gasteiger partial charge on any atom is -0.452 e. The highest BCUT2D eigenvalue weighted by Gasteiger charge is 2.27. The van der Waals surface area contributed by atoms with Crippen LogP contribution in [0.15, 0.2) is 57.7 Å². The molecule has 0 radical (unpaired) electrons. The lowest BCUT2D eigenvalue weighted by Crippen LogP contribution is -2.42. The summed E-state index contributed by atoms with van der Waals surface area (Å²) in [5, 5.41) is 0. The van der Waals surface area contributed by atoms with Crippen molar-refractivity contribution in [1.29, 1.82) is 0 Å². The first-order chi connectivity index (χ1) is 14.0. The summed E-state index contributed by atoms with van der Waals surface area (Å²) in [5.41, 5.74) is 3.47. The van der Waals surface area contributed by atoms with E-state index in [0.29, 0.717) is 24.2 Å². The number of hydrogen-bond acceptors (Lipinski definition) is 5. The quantitative estimate of drug-likeness (QED) is 0.621. The molecular formula is C22H22N2O5. The van der Waals surface area contributed by atoms with Crippen molar-refractivity contribution in [1.82, 2.24) is 9.47 Å². The molecule has 0 bridgehead atoms. The van der Waals surface area contributed by atoms with Gasteiger partial charge in [-0.15, -0.1) is 0 Å². The Hall–Kier alpha value is -3.35. The second kappa shape index (κ2) is 7.95. The maximum absolute atomic E-state index is 12.7. The van der Waals surface area contributed by atoms with E-state index in [1.165, 1.54) is 10.1 Å². The molecule has 0 aliphatic carbocycles. The van der Waals surface area contributed by atoms with Crippen molar-refractivity contribution in [3.63, 3.8) is 0 Å². The molecule has 150 valence electrons. The summed E-state index contributed by atoms with van der Waals surface area (Å²) in [6.45, 7) is 2.84. The Kier molecular flexibility index (Phi) is 5.20. The van der Waals surface area contributed by atoms with E-state index in [1.54, 1.807) is 36.1 Å². The van der Waals surface area contributed by atoms with Crippen molar-refractivity contribution in [3.8, 4) is 0 Å². The van der Waals surface area contributed by atoms with Gasteiger partial charge in [-0.2, -0.15) is 0 Å². The largest absolute Gasteiger partial charge is 0.452 e. The van der Waals surface area contributed by atoms with Gasteiger partial charge in [0.25, 0.3) is 5.91 Å². The van der Waals surface area contributed by atoms with Gasteiger partial charge < -0.3 is 14.1 Å². The molecule has 7 heteroatoms. The molecule has 0 N–H and O–H groups in total. The van der Waals surface area contributed by atoms with Gasteiger partial charge in [-0.1, -0.05) is 36.4 Å². The van der Waals surface area contributed by atoms with Crippen LogP contribution in [0.3, 0.4) is 0 Å². The minimum absolute atomic E-state index is 0.0239. The number of rotatable bonds is 5. The van der Waals surface area contributed by atoms with Gasteiger partial charge in [-0.25, -0.2) is 4.79 Å². The Balaban J connectivity index is 1.34. The maximum atomic E-state index is 12.7. The number of aryl methyl sites for hydroxylation is 1. The van der Waals surface area contributed by atoms with Crippen molar-refractivity contribution < 1.29 is 18.7 Å². The first-order valence-corrected chi connectivity index (χ1v) is 9.66. The highest BCUT2D eigenvalue weighted by Crippen LogP contribution is 2.19. The van der Waals surface area contributed by atoms with Gasteiger partial charge in [0, 0.05) is 19.6 Å². The lowest BCUT2D eigenvalue weighted by molar-refractivity contribution is -0.159. The highest BCUT2D eigenvalue weighted by molar-refractivity contribution is 5.83. The summed E-state index contributed by atoms with van der Waals surface area (Å²) in [4.78, 5) is 38.6. The van der Waals surface area contributed by atoms with Gasteiger partial charge in [0.05, 0.1) is 11.9 Å². The lowest BCUT2D eigenvalue weighted by atomic mass is 9.99. The summed E-state index contributed by atoms with van der Waals surface area (Å²) in [5.74, 6) is -1.26. The third-order valence-electron chi connectivity index (χ3n) is 5.21. The van der Waals surface area contributed by atoms with E-state index in [-0.39, 0.29) is 18.9 Å². The van der Waals surface area contributed by atoms with Crippen molar-refractivity contribution in [3.05, 3.63) is 70.2 Å². The Morgan fingerprint density at radius 1 is 1.10 bits per heavy atom. The number of fused-ring (bicyclic) bond motifs is 2. The number of nitrogens with zero attached hydrogens (tertiary/aromatic N) is 2. The van der Waals surface area contributed by atoms with E-state index in [9.17, 15) is 14.4 Å². The predicted molar refractivity (Wildman–Crippen MR) is 106 cm³/mol. The number of para-hydroxylation sites is 2. The number of ether oxygens (including phenoxy) is 1. The van der Waals surface area contributed by atoms with Crippen molar-refractivity contribution in [2.75, 3.05) is 6.54 Å². The van der Waals surface area contributed by atoms with Gasteiger partial charge in [-0.05, 0) is 36.6 Å². The van der Waals surface area contributed by atoms with Crippen molar-refractivity contribution in [2.45, 2.75) is 39.0 Å². The average Bonchev–Trinajstić information content (AvgIpc) is 3.06. The summed E-state index contributed by atoms with van der Waals surface area (Å²) in [7, 11) is 0. The fourth-order valence-corrected chi connectivity index (χ4v) is 3.68. The molecule has 0 saturated carbocycles. The summed E-state index contributed by atoms with van der Waals surface area (Å²) >= 11 is 0. The van der Waals surface area contributed by atoms with E-state index in [4.69, 9.17) is 9.15 Å². The molecule has 3 aromatic rings. The van der Waals surface area contributed by atoms with Crippen LogP contribution in [0.4, 0.5) is 0 Å². The molecule has 4 rings (SSSR count). The van der Waals surface area contributed by atoms with Gasteiger partial charge >= 0.3 is 11.7 Å². The molecule has 1 atom stereocenters. The molecular weight excluding hydrogens is 372 g/mol. The van der Waals surface area contributed by atoms with E-state index in [1.807, 2.05) is 18.2 Å². The van der Waals surface area contributed by atoms with Crippen LogP contribution < -0.4 is 5.76 Å². The van der Waals surface area contributed by atoms with Crippen LogP contribution >= 0.6 is 0 Å². The second-order valence-electron chi connectivity index (χ2n) is 7.15. The normalized spacial score (nSPS) is 14.4. The molecule has 1 amide bonds. The first kappa shape index (κ1) is 19.0. The molecule has 29 heavy (non-hydrogen) atoms. The standard InChI is InChI=1S/C22H22N2O5/c1-15(21(26)23-12-10-16-6-2-3-7-17(16)14-23)28-20(25)11-13-24-18-8-4-5-9-19(18)29-22(24)27/h2-9,15H,10-14H2,1H3/t15-/m0/s1. The van der Waals surface area contributed by atoms with Crippen LogP contribution in [0.1, 0.15) is 24.5 Å². The Morgan fingerprint density at radius 3 is 2.66 bits per heavy atom. The number of esters is 1. The number of amides is 1.